The van der Waals surface area contributed by atoms with Crippen molar-refractivity contribution in [1.82, 2.24) is 4.90 Å². The number of hydrogen-bond acceptors (Lipinski definition) is 4. The Balaban J connectivity index is 1.08. The van der Waals surface area contributed by atoms with Crippen LogP contribution in [0.2, 0.25) is 10.0 Å². The molecule has 4 aromatic rings. The van der Waals surface area contributed by atoms with Crippen LogP contribution in [-0.4, -0.2) is 29.2 Å². The summed E-state index contributed by atoms with van der Waals surface area (Å²) >= 11 is 27.0. The Morgan fingerprint density at radius 3 is 1.77 bits per heavy atom. The molecule has 0 aromatic heterocycles. The van der Waals surface area contributed by atoms with Gasteiger partial charge in [-0.25, -0.2) is 0 Å². The molecule has 8 rings (SSSR count). The largest absolute Gasteiger partial charge is 0.456 e. The van der Waals surface area contributed by atoms with Gasteiger partial charge in [0.2, 0.25) is 17.7 Å². The first kappa shape index (κ1) is 28.2. The van der Waals surface area contributed by atoms with Crippen LogP contribution in [0.3, 0.4) is 0 Å². The molecule has 216 valence electrons. The zero-order valence-corrected chi connectivity index (χ0v) is 25.3. The molecule has 1 heterocycles. The highest BCUT2D eigenvalue weighted by Gasteiger charge is 2.72. The Labute approximate surface area is 267 Å². The number of carbonyl (C=O) groups is 3. The van der Waals surface area contributed by atoms with Crippen molar-refractivity contribution in [3.8, 4) is 11.5 Å². The molecule has 1 saturated heterocycles. The minimum atomic E-state index is -1.25. The molecule has 3 aliphatic carbocycles. The third kappa shape index (κ3) is 4.19. The Kier molecular flexibility index (Phi) is 6.75. The van der Waals surface area contributed by atoms with Crippen LogP contribution in [0.1, 0.15) is 28.7 Å². The zero-order chi connectivity index (χ0) is 30.1. The monoisotopic (exact) mass is 650 g/mol. The third-order valence-corrected chi connectivity index (χ3v) is 10.3. The highest BCUT2D eigenvalue weighted by molar-refractivity contribution is 6.36. The van der Waals surface area contributed by atoms with E-state index in [1.165, 1.54) is 0 Å². The number of nitrogens with zero attached hydrogens (tertiary/aromatic N) is 1. The van der Waals surface area contributed by atoms with Crippen LogP contribution >= 0.6 is 46.4 Å². The van der Waals surface area contributed by atoms with E-state index in [0.717, 1.165) is 27.2 Å². The molecule has 2 atom stereocenters. The van der Waals surface area contributed by atoms with Crippen LogP contribution < -0.4 is 10.1 Å². The molecule has 1 fully saturated rings. The van der Waals surface area contributed by atoms with Crippen LogP contribution in [0, 0.1) is 11.8 Å². The summed E-state index contributed by atoms with van der Waals surface area (Å²) in [5, 5.41) is 3.67. The molecule has 1 N–H and O–H groups in total. The first-order valence-electron chi connectivity index (χ1n) is 13.6. The predicted octanol–water partition coefficient (Wildman–Crippen LogP) is 7.71. The number of likely N-dealkylation sites (tertiary alicyclic amines) is 1. The molecule has 4 aromatic carbocycles. The summed E-state index contributed by atoms with van der Waals surface area (Å²) in [6.07, 6.45) is -0.0972. The van der Waals surface area contributed by atoms with Crippen LogP contribution in [-0.2, 0) is 24.1 Å². The maximum atomic E-state index is 13.9. The second-order valence-corrected chi connectivity index (χ2v) is 12.8. The quantitative estimate of drug-likeness (QED) is 0.171. The van der Waals surface area contributed by atoms with E-state index in [0.29, 0.717) is 27.2 Å². The van der Waals surface area contributed by atoms with Gasteiger partial charge in [0.05, 0.1) is 16.9 Å². The number of benzene rings is 4. The highest BCUT2D eigenvalue weighted by atomic mass is 35.5. The third-order valence-electron chi connectivity index (χ3n) is 8.50. The molecule has 0 spiro atoms. The minimum Gasteiger partial charge on any atom is -0.456 e. The van der Waals surface area contributed by atoms with Crippen LogP contribution in [0.4, 0.5) is 5.69 Å². The van der Waals surface area contributed by atoms with Gasteiger partial charge in [-0.15, -0.1) is 23.2 Å². The van der Waals surface area contributed by atoms with E-state index < -0.39 is 33.4 Å². The highest BCUT2D eigenvalue weighted by Crippen LogP contribution is 2.69. The van der Waals surface area contributed by atoms with Gasteiger partial charge in [-0.05, 0) is 64.7 Å². The lowest BCUT2D eigenvalue weighted by atomic mass is 9.54. The first-order valence-corrected chi connectivity index (χ1v) is 15.1. The predicted molar refractivity (Wildman–Crippen MR) is 166 cm³/mol. The number of imide groups is 1. The van der Waals surface area contributed by atoms with Gasteiger partial charge in [0.25, 0.3) is 0 Å². The van der Waals surface area contributed by atoms with Crippen LogP contribution in [0.5, 0.6) is 11.5 Å². The Morgan fingerprint density at radius 2 is 1.28 bits per heavy atom. The summed E-state index contributed by atoms with van der Waals surface area (Å²) in [5.74, 6) is -2.04. The standard InChI is InChI=1S/C33H22Cl4N2O4/c34-18-9-14-26(25(35)17-18)43-20-12-10-19(11-13-20)38-27(40)15-16-39-30(41)28-29(31(39)42)33(37)22-6-2-1-5-21(22)32(28,36)23-7-3-4-8-24(23)33/h1-14,17,28-29H,15-16H2,(H,38,40)/t28-,29+,32?,33?. The lowest BCUT2D eigenvalue weighted by molar-refractivity contribution is -0.140. The lowest BCUT2D eigenvalue weighted by Crippen LogP contribution is -2.57. The molecule has 0 radical (unpaired) electrons. The summed E-state index contributed by atoms with van der Waals surface area (Å²) < 4.78 is 5.79. The molecule has 0 saturated carbocycles. The maximum Gasteiger partial charge on any atom is 0.235 e. The second-order valence-electron chi connectivity index (χ2n) is 10.8. The van der Waals surface area contributed by atoms with E-state index in [9.17, 15) is 14.4 Å². The second kappa shape index (κ2) is 10.3. The molecule has 1 aliphatic heterocycles. The lowest BCUT2D eigenvalue weighted by Gasteiger charge is -2.54. The molecule has 4 aliphatic rings. The smallest absolute Gasteiger partial charge is 0.235 e. The molecule has 6 nitrogen and oxygen atoms in total. The Morgan fingerprint density at radius 1 is 0.767 bits per heavy atom. The van der Waals surface area contributed by atoms with Crippen molar-refractivity contribution in [3.63, 3.8) is 0 Å². The van der Waals surface area contributed by atoms with Crippen molar-refractivity contribution in [2.45, 2.75) is 16.2 Å². The normalized spacial score (nSPS) is 24.8. The van der Waals surface area contributed by atoms with E-state index in [2.05, 4.69) is 5.32 Å². The molecule has 43 heavy (non-hydrogen) atoms. The minimum absolute atomic E-state index is 0.0972. The number of ether oxygens (including phenoxy) is 1. The van der Waals surface area contributed by atoms with Gasteiger partial charge in [-0.2, -0.15) is 0 Å². The van der Waals surface area contributed by atoms with Crippen LogP contribution in [0.15, 0.2) is 91.0 Å². The number of rotatable bonds is 6. The van der Waals surface area contributed by atoms with Crippen molar-refractivity contribution in [3.05, 3.63) is 123 Å². The van der Waals surface area contributed by atoms with Gasteiger partial charge in [0, 0.05) is 23.7 Å². The first-order chi connectivity index (χ1) is 20.6. The van der Waals surface area contributed by atoms with Gasteiger partial charge in [-0.3, -0.25) is 19.3 Å². The zero-order valence-electron chi connectivity index (χ0n) is 22.3. The molecular formula is C33H22Cl4N2O4. The van der Waals surface area contributed by atoms with E-state index >= 15 is 0 Å². The summed E-state index contributed by atoms with van der Waals surface area (Å²) in [7, 11) is 0. The van der Waals surface area contributed by atoms with Crippen molar-refractivity contribution < 1.29 is 19.1 Å². The van der Waals surface area contributed by atoms with Crippen molar-refractivity contribution >= 4 is 69.8 Å². The maximum absolute atomic E-state index is 13.9. The Bertz CT molecular complexity index is 1700. The molecule has 0 unspecified atom stereocenters. The van der Waals surface area contributed by atoms with Gasteiger partial charge >= 0.3 is 0 Å². The van der Waals surface area contributed by atoms with E-state index in [4.69, 9.17) is 51.1 Å². The fourth-order valence-corrected chi connectivity index (χ4v) is 8.22. The van der Waals surface area contributed by atoms with Gasteiger partial charge in [0.15, 0.2) is 0 Å². The average molecular weight is 652 g/mol. The molecular weight excluding hydrogens is 630 g/mol. The van der Waals surface area contributed by atoms with Crippen molar-refractivity contribution in [1.29, 1.82) is 0 Å². The number of carbonyl (C=O) groups excluding carboxylic acids is 3. The number of halogens is 4. The Hall–Kier alpha value is -3.55. The topological polar surface area (TPSA) is 75.7 Å². The number of alkyl halides is 2. The fraction of sp³-hybridized carbons (Fsp3) is 0.182. The van der Waals surface area contributed by atoms with E-state index in [-0.39, 0.29) is 18.9 Å². The number of nitrogens with one attached hydrogen (secondary N) is 1. The van der Waals surface area contributed by atoms with E-state index in [1.54, 1.807) is 42.5 Å². The molecule has 2 bridgehead atoms. The summed E-state index contributed by atoms with van der Waals surface area (Å²) in [6, 6.07) is 26.6. The van der Waals surface area contributed by atoms with Crippen LogP contribution in [0.25, 0.3) is 0 Å². The van der Waals surface area contributed by atoms with Gasteiger partial charge < -0.3 is 10.1 Å². The van der Waals surface area contributed by atoms with E-state index in [1.807, 2.05) is 48.5 Å². The fourth-order valence-electron chi connectivity index (χ4n) is 6.67. The summed E-state index contributed by atoms with van der Waals surface area (Å²) in [4.78, 5) is 39.4. The average Bonchev–Trinajstić information content (AvgIpc) is 3.27. The van der Waals surface area contributed by atoms with Gasteiger partial charge in [-0.1, -0.05) is 71.7 Å². The van der Waals surface area contributed by atoms with Crippen molar-refractivity contribution in [2.24, 2.45) is 11.8 Å². The number of amides is 3. The number of anilines is 1. The SMILES string of the molecule is O=C(CCN1C(=O)[C@@H]2[C@H](C1=O)C1(Cl)c3ccccc3C2(Cl)c2ccccc21)Nc1ccc(Oc2ccc(Cl)cc2Cl)cc1. The summed E-state index contributed by atoms with van der Waals surface area (Å²) in [6.45, 7) is -0.0978. The molecule has 3 amide bonds. The van der Waals surface area contributed by atoms with Gasteiger partial charge in [0.1, 0.15) is 21.2 Å². The summed E-state index contributed by atoms with van der Waals surface area (Å²) in [5.41, 5.74) is 3.46. The number of hydrogen-bond donors (Lipinski definition) is 1. The van der Waals surface area contributed by atoms with Crippen molar-refractivity contribution in [2.75, 3.05) is 11.9 Å². The molecule has 10 heteroatoms.